The van der Waals surface area contributed by atoms with Crippen molar-refractivity contribution in [2.45, 2.75) is 6.42 Å². The molecule has 6 nitrogen and oxygen atoms in total. The van der Waals surface area contributed by atoms with Crippen molar-refractivity contribution >= 4 is 34.7 Å². The maximum atomic E-state index is 12.8. The number of rotatable bonds is 4. The second-order valence-corrected chi connectivity index (χ2v) is 7.65. The highest BCUT2D eigenvalue weighted by molar-refractivity contribution is 6.30. The first-order valence-electron chi connectivity index (χ1n) is 9.84. The highest BCUT2D eigenvalue weighted by Gasteiger charge is 2.19. The predicted octanol–water partition coefficient (Wildman–Crippen LogP) is 4.21. The topological polar surface area (TPSA) is 82.3 Å². The number of carbonyl (C=O) groups excluding carboxylic acids is 2. The van der Waals surface area contributed by atoms with Gasteiger partial charge in [0.15, 0.2) is 0 Å². The molecule has 0 saturated carbocycles. The fourth-order valence-corrected chi connectivity index (χ4v) is 3.63. The lowest BCUT2D eigenvalue weighted by Gasteiger charge is -2.27. The number of amides is 2. The summed E-state index contributed by atoms with van der Waals surface area (Å²) in [7, 11) is 0. The molecule has 7 heteroatoms. The van der Waals surface area contributed by atoms with Crippen molar-refractivity contribution in [2.24, 2.45) is 0 Å². The van der Waals surface area contributed by atoms with Crippen molar-refractivity contribution in [1.82, 2.24) is 9.88 Å². The molecule has 0 aliphatic carbocycles. The number of aromatic amines is 1. The summed E-state index contributed by atoms with van der Waals surface area (Å²) in [6.07, 6.45) is 4.18. The highest BCUT2D eigenvalue weighted by Crippen LogP contribution is 2.25. The number of benzene rings is 2. The Hall–Kier alpha value is -3.64. The van der Waals surface area contributed by atoms with Crippen LogP contribution in [0.25, 0.3) is 5.57 Å². The van der Waals surface area contributed by atoms with Gasteiger partial charge in [0.25, 0.3) is 11.8 Å². The van der Waals surface area contributed by atoms with Crippen LogP contribution in [0.15, 0.2) is 77.7 Å². The van der Waals surface area contributed by atoms with Crippen molar-refractivity contribution in [3.8, 4) is 0 Å². The number of H-pyrrole nitrogens is 1. The van der Waals surface area contributed by atoms with Crippen LogP contribution in [0, 0.1) is 0 Å². The number of nitrogens with zero attached hydrogens (tertiary/aromatic N) is 1. The van der Waals surface area contributed by atoms with Gasteiger partial charge in [0, 0.05) is 41.6 Å². The van der Waals surface area contributed by atoms with Crippen molar-refractivity contribution in [1.29, 1.82) is 0 Å². The Kier molecular flexibility index (Phi) is 6.00. The first kappa shape index (κ1) is 20.6. The molecule has 0 unspecified atom stereocenters. The van der Waals surface area contributed by atoms with Gasteiger partial charge in [-0.3, -0.25) is 14.4 Å². The van der Waals surface area contributed by atoms with Crippen LogP contribution in [0.1, 0.15) is 32.7 Å². The zero-order valence-corrected chi connectivity index (χ0v) is 17.4. The third-order valence-corrected chi connectivity index (χ3v) is 5.36. The molecule has 1 aromatic heterocycles. The van der Waals surface area contributed by atoms with Crippen LogP contribution in [-0.4, -0.2) is 34.8 Å². The molecule has 2 N–H and O–H groups in total. The summed E-state index contributed by atoms with van der Waals surface area (Å²) in [5.41, 5.74) is 3.47. The maximum absolute atomic E-state index is 12.8. The molecule has 1 aliphatic rings. The lowest BCUT2D eigenvalue weighted by molar-refractivity contribution is 0.0772. The molecule has 0 saturated heterocycles. The lowest BCUT2D eigenvalue weighted by Crippen LogP contribution is -2.34. The molecule has 31 heavy (non-hydrogen) atoms. The zero-order chi connectivity index (χ0) is 21.8. The molecule has 156 valence electrons. The quantitative estimate of drug-likeness (QED) is 0.646. The summed E-state index contributed by atoms with van der Waals surface area (Å²) in [5, 5.41) is 3.44. The number of hydrogen-bond acceptors (Lipinski definition) is 3. The summed E-state index contributed by atoms with van der Waals surface area (Å²) in [4.78, 5) is 40.4. The van der Waals surface area contributed by atoms with Gasteiger partial charge >= 0.3 is 0 Å². The van der Waals surface area contributed by atoms with E-state index in [0.29, 0.717) is 34.9 Å². The second kappa shape index (κ2) is 9.02. The van der Waals surface area contributed by atoms with E-state index in [1.54, 1.807) is 29.2 Å². The van der Waals surface area contributed by atoms with Crippen molar-refractivity contribution in [2.75, 3.05) is 18.4 Å². The van der Waals surface area contributed by atoms with Crippen LogP contribution in [0.2, 0.25) is 5.02 Å². The molecule has 2 aromatic carbocycles. The van der Waals surface area contributed by atoms with Gasteiger partial charge in [0.05, 0.1) is 5.56 Å². The number of halogens is 1. The number of hydrogen-bond donors (Lipinski definition) is 2. The summed E-state index contributed by atoms with van der Waals surface area (Å²) in [6.45, 7) is 1.16. The van der Waals surface area contributed by atoms with Crippen molar-refractivity contribution in [3.05, 3.63) is 105 Å². The fraction of sp³-hybridized carbons (Fsp3) is 0.125. The van der Waals surface area contributed by atoms with E-state index < -0.39 is 0 Å². The normalized spacial score (nSPS) is 13.5. The first-order valence-corrected chi connectivity index (χ1v) is 10.2. The van der Waals surface area contributed by atoms with E-state index in [-0.39, 0.29) is 17.4 Å². The summed E-state index contributed by atoms with van der Waals surface area (Å²) in [5.74, 6) is -0.398. The average Bonchev–Trinajstić information content (AvgIpc) is 2.80. The predicted molar refractivity (Wildman–Crippen MR) is 121 cm³/mol. The van der Waals surface area contributed by atoms with Gasteiger partial charge in [0.2, 0.25) is 5.56 Å². The standard InChI is InChI=1S/C24H20ClN3O3/c25-20-3-1-2-18(14-20)16-10-12-28(13-11-16)24(31)17-4-7-21(8-5-17)27-23(30)19-6-9-22(29)26-15-19/h1-10,14-15H,11-13H2,(H,26,29)(H,27,30). The molecule has 1 aliphatic heterocycles. The third kappa shape index (κ3) is 4.92. The van der Waals surface area contributed by atoms with Crippen LogP contribution < -0.4 is 10.9 Å². The molecule has 2 amide bonds. The Bertz CT molecular complexity index is 1190. The molecular formula is C24H20ClN3O3. The van der Waals surface area contributed by atoms with Crippen LogP contribution in [-0.2, 0) is 0 Å². The first-order chi connectivity index (χ1) is 15.0. The van der Waals surface area contributed by atoms with Crippen LogP contribution in [0.3, 0.4) is 0 Å². The number of nitrogens with one attached hydrogen (secondary N) is 2. The molecular weight excluding hydrogens is 414 g/mol. The van der Waals surface area contributed by atoms with E-state index in [9.17, 15) is 14.4 Å². The number of pyridine rings is 1. The molecule has 4 rings (SSSR count). The van der Waals surface area contributed by atoms with E-state index in [4.69, 9.17) is 11.6 Å². The molecule has 2 heterocycles. The molecule has 0 atom stereocenters. The maximum Gasteiger partial charge on any atom is 0.257 e. The highest BCUT2D eigenvalue weighted by atomic mass is 35.5. The minimum Gasteiger partial charge on any atom is -0.335 e. The van der Waals surface area contributed by atoms with E-state index in [2.05, 4.69) is 16.4 Å². The molecule has 3 aromatic rings. The van der Waals surface area contributed by atoms with Crippen LogP contribution in [0.5, 0.6) is 0 Å². The van der Waals surface area contributed by atoms with Gasteiger partial charge in [-0.15, -0.1) is 0 Å². The monoisotopic (exact) mass is 433 g/mol. The summed E-state index contributed by atoms with van der Waals surface area (Å²) >= 11 is 6.08. The fourth-order valence-electron chi connectivity index (χ4n) is 3.44. The van der Waals surface area contributed by atoms with E-state index in [1.807, 2.05) is 24.3 Å². The summed E-state index contributed by atoms with van der Waals surface area (Å²) in [6, 6.07) is 17.2. The second-order valence-electron chi connectivity index (χ2n) is 7.21. The lowest BCUT2D eigenvalue weighted by atomic mass is 9.99. The SMILES string of the molecule is O=C(Nc1ccc(C(=O)N2CC=C(c3cccc(Cl)c3)CC2)cc1)c1ccc(=O)[nH]c1. The van der Waals surface area contributed by atoms with Crippen LogP contribution >= 0.6 is 11.6 Å². The zero-order valence-electron chi connectivity index (χ0n) is 16.6. The van der Waals surface area contributed by atoms with Crippen LogP contribution in [0.4, 0.5) is 5.69 Å². The minimum absolute atomic E-state index is 0.0556. The Labute approximate surface area is 184 Å². The largest absolute Gasteiger partial charge is 0.335 e. The molecule has 0 spiro atoms. The van der Waals surface area contributed by atoms with Gasteiger partial charge in [-0.05, 0) is 60.0 Å². The Balaban J connectivity index is 1.39. The minimum atomic E-state index is -0.343. The van der Waals surface area contributed by atoms with Gasteiger partial charge in [-0.25, -0.2) is 0 Å². The van der Waals surface area contributed by atoms with Gasteiger partial charge in [-0.1, -0.05) is 29.8 Å². The van der Waals surface area contributed by atoms with E-state index in [0.717, 1.165) is 12.0 Å². The number of carbonyl (C=O) groups is 2. The number of anilines is 1. The average molecular weight is 434 g/mol. The number of aromatic nitrogens is 1. The van der Waals surface area contributed by atoms with Gasteiger partial charge in [-0.2, -0.15) is 0 Å². The molecule has 0 bridgehead atoms. The Morgan fingerprint density at radius 1 is 1.00 bits per heavy atom. The van der Waals surface area contributed by atoms with E-state index >= 15 is 0 Å². The smallest absolute Gasteiger partial charge is 0.257 e. The molecule has 0 fully saturated rings. The third-order valence-electron chi connectivity index (χ3n) is 5.13. The summed E-state index contributed by atoms with van der Waals surface area (Å²) < 4.78 is 0. The van der Waals surface area contributed by atoms with E-state index in [1.165, 1.54) is 23.9 Å². The van der Waals surface area contributed by atoms with Gasteiger partial charge in [0.1, 0.15) is 0 Å². The Morgan fingerprint density at radius 2 is 1.77 bits per heavy atom. The van der Waals surface area contributed by atoms with Crippen molar-refractivity contribution in [3.63, 3.8) is 0 Å². The Morgan fingerprint density at radius 3 is 2.42 bits per heavy atom. The van der Waals surface area contributed by atoms with Crippen molar-refractivity contribution < 1.29 is 9.59 Å². The van der Waals surface area contributed by atoms with Gasteiger partial charge < -0.3 is 15.2 Å². The molecule has 0 radical (unpaired) electrons.